The van der Waals surface area contributed by atoms with Gasteiger partial charge in [-0.2, -0.15) is 0 Å². The molecule has 0 unspecified atom stereocenters. The van der Waals surface area contributed by atoms with Crippen LogP contribution in [0.2, 0.25) is 0 Å². The topological polar surface area (TPSA) is 70.6 Å². The summed E-state index contributed by atoms with van der Waals surface area (Å²) in [4.78, 5) is 12.4. The van der Waals surface area contributed by atoms with Crippen LogP contribution in [0.5, 0.6) is 5.75 Å². The van der Waals surface area contributed by atoms with Crippen molar-refractivity contribution in [3.05, 3.63) is 29.3 Å². The lowest BCUT2D eigenvalue weighted by Gasteiger charge is -2.31. The van der Waals surface area contributed by atoms with E-state index in [4.69, 9.17) is 4.74 Å². The van der Waals surface area contributed by atoms with Crippen LogP contribution in [0.25, 0.3) is 0 Å². The quantitative estimate of drug-likeness (QED) is 0.781. The number of benzene rings is 1. The Morgan fingerprint density at radius 1 is 1.43 bits per heavy atom. The molecule has 0 bridgehead atoms. The molecule has 3 N–H and O–H groups in total. The minimum Gasteiger partial charge on any atom is -0.496 e. The third-order valence-corrected chi connectivity index (χ3v) is 4.52. The minimum absolute atomic E-state index is 0.00912. The van der Waals surface area contributed by atoms with Gasteiger partial charge in [-0.1, -0.05) is 32.9 Å². The largest absolute Gasteiger partial charge is 0.496 e. The fraction of sp³-hybridized carbons (Fsp3) is 0.611. The van der Waals surface area contributed by atoms with E-state index in [2.05, 4.69) is 31.4 Å². The number of urea groups is 1. The van der Waals surface area contributed by atoms with Crippen LogP contribution in [0.3, 0.4) is 0 Å². The lowest BCUT2D eigenvalue weighted by molar-refractivity contribution is 0.187. The third kappa shape index (κ3) is 4.16. The van der Waals surface area contributed by atoms with Crippen LogP contribution in [0.1, 0.15) is 50.8 Å². The molecule has 0 spiro atoms. The van der Waals surface area contributed by atoms with Gasteiger partial charge < -0.3 is 20.5 Å². The van der Waals surface area contributed by atoms with Crippen molar-refractivity contribution in [2.75, 3.05) is 13.7 Å². The molecule has 5 nitrogen and oxygen atoms in total. The summed E-state index contributed by atoms with van der Waals surface area (Å²) in [6, 6.07) is 5.72. The molecular weight excluding hydrogens is 292 g/mol. The fourth-order valence-corrected chi connectivity index (χ4v) is 3.17. The Morgan fingerprint density at radius 2 is 2.17 bits per heavy atom. The average molecular weight is 320 g/mol. The van der Waals surface area contributed by atoms with Crippen molar-refractivity contribution < 1.29 is 14.6 Å². The van der Waals surface area contributed by atoms with E-state index in [-0.39, 0.29) is 30.1 Å². The Bertz CT molecular complexity index is 552. The summed E-state index contributed by atoms with van der Waals surface area (Å²) >= 11 is 0. The van der Waals surface area contributed by atoms with E-state index < -0.39 is 0 Å². The van der Waals surface area contributed by atoms with Crippen LogP contribution >= 0.6 is 0 Å². The first-order valence-electron chi connectivity index (χ1n) is 8.20. The monoisotopic (exact) mass is 320 g/mol. The van der Waals surface area contributed by atoms with Crippen molar-refractivity contribution in [3.8, 4) is 5.75 Å². The van der Waals surface area contributed by atoms with Gasteiger partial charge in [0, 0.05) is 12.6 Å². The summed E-state index contributed by atoms with van der Waals surface area (Å²) in [7, 11) is 1.67. The second-order valence-corrected chi connectivity index (χ2v) is 7.17. The summed E-state index contributed by atoms with van der Waals surface area (Å²) in [5.74, 6) is 0.889. The molecule has 2 rings (SSSR count). The van der Waals surface area contributed by atoms with Crippen molar-refractivity contribution in [2.45, 2.75) is 52.1 Å². The van der Waals surface area contributed by atoms with Gasteiger partial charge in [0.25, 0.3) is 0 Å². The van der Waals surface area contributed by atoms with E-state index in [1.165, 1.54) is 5.56 Å². The smallest absolute Gasteiger partial charge is 0.315 e. The number of amides is 2. The molecule has 2 amide bonds. The van der Waals surface area contributed by atoms with Crippen molar-refractivity contribution in [1.29, 1.82) is 0 Å². The number of fused-ring (bicyclic) bond motifs is 1. The Balaban J connectivity index is 2.03. The Labute approximate surface area is 138 Å². The van der Waals surface area contributed by atoms with Crippen LogP contribution < -0.4 is 15.4 Å². The van der Waals surface area contributed by atoms with E-state index in [0.29, 0.717) is 6.42 Å². The van der Waals surface area contributed by atoms with Gasteiger partial charge >= 0.3 is 6.03 Å². The van der Waals surface area contributed by atoms with Crippen LogP contribution in [0.4, 0.5) is 4.79 Å². The number of aliphatic hydroxyl groups is 1. The minimum atomic E-state index is -0.181. The SMILES string of the molecule is COc1cccc2c1CC[C@@H]2NC(=O)N[C@H](CCO)C(C)(C)C. The second-order valence-electron chi connectivity index (χ2n) is 7.17. The highest BCUT2D eigenvalue weighted by Crippen LogP contribution is 2.36. The Kier molecular flexibility index (Phi) is 5.52. The molecule has 1 aliphatic carbocycles. The average Bonchev–Trinajstić information content (AvgIpc) is 2.89. The summed E-state index contributed by atoms with van der Waals surface area (Å²) < 4.78 is 5.40. The first-order chi connectivity index (χ1) is 10.9. The van der Waals surface area contributed by atoms with Crippen LogP contribution in [-0.4, -0.2) is 30.9 Å². The normalized spacial score (nSPS) is 18.2. The van der Waals surface area contributed by atoms with Crippen LogP contribution in [-0.2, 0) is 6.42 Å². The number of carbonyl (C=O) groups is 1. The van der Waals surface area contributed by atoms with Crippen molar-refractivity contribution in [1.82, 2.24) is 10.6 Å². The highest BCUT2D eigenvalue weighted by Gasteiger charge is 2.29. The molecule has 0 heterocycles. The number of carbonyl (C=O) groups excluding carboxylic acids is 1. The third-order valence-electron chi connectivity index (χ3n) is 4.52. The zero-order valence-electron chi connectivity index (χ0n) is 14.5. The van der Waals surface area contributed by atoms with Crippen molar-refractivity contribution in [3.63, 3.8) is 0 Å². The van der Waals surface area contributed by atoms with E-state index >= 15 is 0 Å². The molecule has 0 fully saturated rings. The summed E-state index contributed by atoms with van der Waals surface area (Å²) in [6.45, 7) is 6.24. The molecular formula is C18H28N2O3. The lowest BCUT2D eigenvalue weighted by atomic mass is 9.85. The molecule has 1 aromatic carbocycles. The first kappa shape index (κ1) is 17.6. The van der Waals surface area contributed by atoms with Gasteiger partial charge in [-0.3, -0.25) is 0 Å². The van der Waals surface area contributed by atoms with Crippen molar-refractivity contribution >= 4 is 6.03 Å². The maximum Gasteiger partial charge on any atom is 0.315 e. The lowest BCUT2D eigenvalue weighted by Crippen LogP contribution is -2.49. The van der Waals surface area contributed by atoms with Gasteiger partial charge in [0.05, 0.1) is 13.2 Å². The van der Waals surface area contributed by atoms with Gasteiger partial charge in [-0.25, -0.2) is 4.79 Å². The molecule has 0 aliphatic heterocycles. The predicted octanol–water partition coefficient (Wildman–Crippen LogP) is 2.78. The standard InChI is InChI=1S/C18H28N2O3/c1-18(2,3)16(10-11-21)20-17(22)19-14-9-8-13-12(14)6-5-7-15(13)23-4/h5-7,14,16,21H,8-11H2,1-4H3,(H2,19,20,22)/t14-,16+/m0/s1. The molecule has 2 atom stereocenters. The van der Waals surface area contributed by atoms with Crippen LogP contribution in [0.15, 0.2) is 18.2 Å². The van der Waals surface area contributed by atoms with Crippen molar-refractivity contribution in [2.24, 2.45) is 5.41 Å². The zero-order valence-corrected chi connectivity index (χ0v) is 14.5. The van der Waals surface area contributed by atoms with Gasteiger partial charge in [0.15, 0.2) is 0 Å². The molecule has 0 saturated carbocycles. The van der Waals surface area contributed by atoms with Gasteiger partial charge in [0.2, 0.25) is 0 Å². The Hall–Kier alpha value is -1.75. The zero-order chi connectivity index (χ0) is 17.0. The highest BCUT2D eigenvalue weighted by molar-refractivity contribution is 5.75. The molecule has 1 aliphatic rings. The fourth-order valence-electron chi connectivity index (χ4n) is 3.17. The molecule has 5 heteroatoms. The maximum atomic E-state index is 12.4. The summed E-state index contributed by atoms with van der Waals surface area (Å²) in [6.07, 6.45) is 2.33. The number of hydrogen-bond donors (Lipinski definition) is 3. The maximum absolute atomic E-state index is 12.4. The number of nitrogens with one attached hydrogen (secondary N) is 2. The number of rotatable bonds is 5. The number of ether oxygens (including phenoxy) is 1. The summed E-state index contributed by atoms with van der Waals surface area (Å²) in [5, 5.41) is 15.3. The number of hydrogen-bond acceptors (Lipinski definition) is 3. The first-order valence-corrected chi connectivity index (χ1v) is 8.20. The van der Waals surface area contributed by atoms with Gasteiger partial charge in [0.1, 0.15) is 5.75 Å². The molecule has 128 valence electrons. The highest BCUT2D eigenvalue weighted by atomic mass is 16.5. The van der Waals surface area contributed by atoms with E-state index in [0.717, 1.165) is 24.2 Å². The predicted molar refractivity (Wildman–Crippen MR) is 90.7 cm³/mol. The summed E-state index contributed by atoms with van der Waals surface area (Å²) in [5.41, 5.74) is 2.22. The molecule has 23 heavy (non-hydrogen) atoms. The van der Waals surface area contributed by atoms with E-state index in [9.17, 15) is 9.90 Å². The van der Waals surface area contributed by atoms with Crippen LogP contribution in [0, 0.1) is 5.41 Å². The van der Waals surface area contributed by atoms with E-state index in [1.807, 2.05) is 18.2 Å². The second kappa shape index (κ2) is 7.21. The van der Waals surface area contributed by atoms with E-state index in [1.54, 1.807) is 7.11 Å². The van der Waals surface area contributed by atoms with Gasteiger partial charge in [-0.15, -0.1) is 0 Å². The molecule has 0 radical (unpaired) electrons. The molecule has 1 aromatic rings. The number of methoxy groups -OCH3 is 1. The Morgan fingerprint density at radius 3 is 2.78 bits per heavy atom. The molecule has 0 aromatic heterocycles. The number of aliphatic hydroxyl groups excluding tert-OH is 1. The molecule has 0 saturated heterocycles. The van der Waals surface area contributed by atoms with Gasteiger partial charge in [-0.05, 0) is 41.9 Å².